The lowest BCUT2D eigenvalue weighted by atomic mass is 9.93. The molecule has 0 aliphatic carbocycles. The fraction of sp³-hybridized carbons (Fsp3) is 0.500. The first-order chi connectivity index (χ1) is 9.36. The van der Waals surface area contributed by atoms with Gasteiger partial charge in [-0.1, -0.05) is 32.1 Å². The van der Waals surface area contributed by atoms with Crippen LogP contribution < -0.4 is 10.6 Å². The second-order valence-electron chi connectivity index (χ2n) is 5.39. The van der Waals surface area contributed by atoms with Gasteiger partial charge in [-0.2, -0.15) is 0 Å². The first-order valence-electron chi connectivity index (χ1n) is 6.16. The number of rotatable bonds is 3. The van der Waals surface area contributed by atoms with Gasteiger partial charge in [0.2, 0.25) is 5.13 Å². The molecular weight excluding hydrogens is 294 g/mol. The predicted molar refractivity (Wildman–Crippen MR) is 81.3 cm³/mol. The first-order valence-corrected chi connectivity index (χ1v) is 7.92. The summed E-state index contributed by atoms with van der Waals surface area (Å²) in [6, 6.07) is -0.453. The van der Waals surface area contributed by atoms with Gasteiger partial charge >= 0.3 is 6.03 Å². The summed E-state index contributed by atoms with van der Waals surface area (Å²) < 4.78 is 0. The van der Waals surface area contributed by atoms with Crippen molar-refractivity contribution in [3.8, 4) is 0 Å². The Bertz CT molecular complexity index is 573. The van der Waals surface area contributed by atoms with Crippen molar-refractivity contribution in [3.63, 3.8) is 0 Å². The number of urea groups is 1. The summed E-state index contributed by atoms with van der Waals surface area (Å²) >= 11 is 2.83. The van der Waals surface area contributed by atoms with Crippen LogP contribution in [0.15, 0.2) is 10.9 Å². The van der Waals surface area contributed by atoms with Crippen molar-refractivity contribution >= 4 is 33.8 Å². The molecule has 20 heavy (non-hydrogen) atoms. The van der Waals surface area contributed by atoms with Gasteiger partial charge in [-0.15, -0.1) is 21.5 Å². The summed E-state index contributed by atoms with van der Waals surface area (Å²) in [5, 5.41) is 16.3. The number of nitrogens with one attached hydrogen (secondary N) is 2. The fourth-order valence-corrected chi connectivity index (χ4v) is 2.94. The third kappa shape index (κ3) is 3.73. The van der Waals surface area contributed by atoms with E-state index in [0.717, 1.165) is 10.7 Å². The smallest absolute Gasteiger partial charge is 0.321 e. The summed E-state index contributed by atoms with van der Waals surface area (Å²) in [6.07, 6.45) is 0. The Morgan fingerprint density at radius 3 is 2.65 bits per heavy atom. The molecule has 2 aromatic heterocycles. The molecule has 2 aromatic rings. The van der Waals surface area contributed by atoms with Crippen LogP contribution in [-0.4, -0.2) is 21.2 Å². The molecule has 0 unspecified atom stereocenters. The van der Waals surface area contributed by atoms with Gasteiger partial charge in [0.25, 0.3) is 0 Å². The molecule has 0 aliphatic rings. The molecule has 0 saturated carbocycles. The van der Waals surface area contributed by atoms with Gasteiger partial charge < -0.3 is 5.32 Å². The zero-order valence-corrected chi connectivity index (χ0v) is 13.4. The van der Waals surface area contributed by atoms with Crippen LogP contribution in [0.5, 0.6) is 0 Å². The van der Waals surface area contributed by atoms with Gasteiger partial charge in [0.15, 0.2) is 0 Å². The highest BCUT2D eigenvalue weighted by Gasteiger charge is 2.20. The van der Waals surface area contributed by atoms with Gasteiger partial charge in [-0.3, -0.25) is 5.32 Å². The minimum Gasteiger partial charge on any atom is -0.329 e. The maximum Gasteiger partial charge on any atom is 0.321 e. The third-order valence-corrected chi connectivity index (χ3v) is 4.22. The summed E-state index contributed by atoms with van der Waals surface area (Å²) in [4.78, 5) is 16.4. The molecule has 8 heteroatoms. The van der Waals surface area contributed by atoms with Crippen molar-refractivity contribution < 1.29 is 4.79 Å². The Kier molecular flexibility index (Phi) is 4.34. The van der Waals surface area contributed by atoms with Gasteiger partial charge in [0.05, 0.1) is 11.7 Å². The molecule has 0 saturated heterocycles. The molecule has 1 atom stereocenters. The number of anilines is 1. The lowest BCUT2D eigenvalue weighted by molar-refractivity contribution is 0.249. The lowest BCUT2D eigenvalue weighted by Gasteiger charge is -2.15. The maximum absolute atomic E-state index is 11.8. The van der Waals surface area contributed by atoms with Crippen molar-refractivity contribution in [2.45, 2.75) is 39.2 Å². The predicted octanol–water partition coefficient (Wildman–Crippen LogP) is 3.17. The Labute approximate surface area is 125 Å². The Morgan fingerprint density at radius 2 is 2.10 bits per heavy atom. The molecule has 108 valence electrons. The molecule has 0 radical (unpaired) electrons. The first kappa shape index (κ1) is 14.9. The second-order valence-corrected chi connectivity index (χ2v) is 7.11. The number of carbonyl (C=O) groups is 1. The number of aromatic nitrogens is 3. The van der Waals surface area contributed by atoms with E-state index in [0.29, 0.717) is 5.13 Å². The summed E-state index contributed by atoms with van der Waals surface area (Å²) in [5.41, 5.74) is 2.62. The number of amides is 2. The normalized spacial score (nSPS) is 13.0. The molecule has 6 nitrogen and oxygen atoms in total. The standard InChI is InChI=1S/C12H17N5OS2/c1-7(9-15-8(5-19-9)12(2,3)4)14-10(18)16-11-17-13-6-20-11/h5-7H,1-4H3,(H2,14,16,17,18)/t7-/m0/s1. The van der Waals surface area contributed by atoms with Crippen LogP contribution in [0.25, 0.3) is 0 Å². The summed E-state index contributed by atoms with van der Waals surface area (Å²) in [5.74, 6) is 0. The molecule has 0 spiro atoms. The van der Waals surface area contributed by atoms with Crippen LogP contribution in [0.2, 0.25) is 0 Å². The van der Waals surface area contributed by atoms with E-state index in [9.17, 15) is 4.79 Å². The quantitative estimate of drug-likeness (QED) is 0.912. The second kappa shape index (κ2) is 5.84. The number of hydrogen-bond acceptors (Lipinski definition) is 6. The molecule has 0 aliphatic heterocycles. The monoisotopic (exact) mass is 311 g/mol. The molecule has 0 bridgehead atoms. The van der Waals surface area contributed by atoms with Gasteiger partial charge in [0.1, 0.15) is 10.5 Å². The van der Waals surface area contributed by atoms with Crippen molar-refractivity contribution in [1.29, 1.82) is 0 Å². The lowest BCUT2D eigenvalue weighted by Crippen LogP contribution is -2.31. The molecule has 2 heterocycles. The van der Waals surface area contributed by atoms with Crippen molar-refractivity contribution in [2.24, 2.45) is 0 Å². The topological polar surface area (TPSA) is 79.8 Å². The van der Waals surface area contributed by atoms with Crippen LogP contribution in [-0.2, 0) is 5.41 Å². The highest BCUT2D eigenvalue weighted by Crippen LogP contribution is 2.26. The minimum absolute atomic E-state index is 0.0171. The SMILES string of the molecule is C[C@H](NC(=O)Nc1nncs1)c1nc(C(C)(C)C)cs1. The summed E-state index contributed by atoms with van der Waals surface area (Å²) in [7, 11) is 0. The van der Waals surface area contributed by atoms with Crippen LogP contribution >= 0.6 is 22.7 Å². The molecule has 2 N–H and O–H groups in total. The number of thiazole rings is 1. The highest BCUT2D eigenvalue weighted by molar-refractivity contribution is 7.13. The van der Waals surface area contributed by atoms with E-state index >= 15 is 0 Å². The zero-order valence-electron chi connectivity index (χ0n) is 11.8. The zero-order chi connectivity index (χ0) is 14.8. The van der Waals surface area contributed by atoms with Crippen LogP contribution in [0.1, 0.15) is 44.4 Å². The van der Waals surface area contributed by atoms with E-state index in [2.05, 4.69) is 46.6 Å². The fourth-order valence-electron chi connectivity index (χ4n) is 1.45. The van der Waals surface area contributed by atoms with Crippen molar-refractivity contribution in [1.82, 2.24) is 20.5 Å². The number of hydrogen-bond donors (Lipinski definition) is 2. The number of nitrogens with zero attached hydrogens (tertiary/aromatic N) is 3. The summed E-state index contributed by atoms with van der Waals surface area (Å²) in [6.45, 7) is 8.26. The molecule has 2 amide bonds. The van der Waals surface area contributed by atoms with E-state index in [1.165, 1.54) is 11.3 Å². The van der Waals surface area contributed by atoms with Crippen LogP contribution in [0.4, 0.5) is 9.93 Å². The molecule has 2 rings (SSSR count). The third-order valence-electron chi connectivity index (χ3n) is 2.59. The average Bonchev–Trinajstić information content (AvgIpc) is 2.97. The molecule has 0 fully saturated rings. The van der Waals surface area contributed by atoms with E-state index < -0.39 is 0 Å². The van der Waals surface area contributed by atoms with Crippen molar-refractivity contribution in [2.75, 3.05) is 5.32 Å². The Morgan fingerprint density at radius 1 is 1.35 bits per heavy atom. The van der Waals surface area contributed by atoms with E-state index in [-0.39, 0.29) is 17.5 Å². The minimum atomic E-state index is -0.304. The average molecular weight is 311 g/mol. The van der Waals surface area contributed by atoms with Crippen LogP contribution in [0, 0.1) is 0 Å². The van der Waals surface area contributed by atoms with Gasteiger partial charge in [-0.05, 0) is 6.92 Å². The highest BCUT2D eigenvalue weighted by atomic mass is 32.1. The van der Waals surface area contributed by atoms with Gasteiger partial charge in [0, 0.05) is 10.8 Å². The van der Waals surface area contributed by atoms with Crippen molar-refractivity contribution in [3.05, 3.63) is 21.6 Å². The number of carbonyl (C=O) groups excluding carboxylic acids is 1. The van der Waals surface area contributed by atoms with E-state index in [1.54, 1.807) is 16.8 Å². The molecule has 0 aromatic carbocycles. The largest absolute Gasteiger partial charge is 0.329 e. The van der Waals surface area contributed by atoms with E-state index in [4.69, 9.17) is 0 Å². The van der Waals surface area contributed by atoms with Crippen LogP contribution in [0.3, 0.4) is 0 Å². The Hall–Kier alpha value is -1.54. The van der Waals surface area contributed by atoms with Gasteiger partial charge in [-0.25, -0.2) is 9.78 Å². The molecular formula is C12H17N5OS2. The van der Waals surface area contributed by atoms with E-state index in [1.807, 2.05) is 12.3 Å². The Balaban J connectivity index is 1.96. The maximum atomic E-state index is 11.8.